The van der Waals surface area contributed by atoms with E-state index in [0.717, 1.165) is 82.7 Å². The first-order chi connectivity index (χ1) is 30.1. The van der Waals surface area contributed by atoms with Gasteiger partial charge in [0, 0.05) is 54.1 Å². The van der Waals surface area contributed by atoms with Crippen LogP contribution < -0.4 is 9.64 Å². The molecule has 346 valence electrons. The van der Waals surface area contributed by atoms with Crippen molar-refractivity contribution in [3.05, 3.63) is 119 Å². The molecule has 1 aliphatic carbocycles. The summed E-state index contributed by atoms with van der Waals surface area (Å²) in [7, 11) is -13.1. The molecule has 0 atom stereocenters. The predicted molar refractivity (Wildman–Crippen MR) is 251 cm³/mol. The molecule has 0 amide bonds. The number of allylic oxidation sites excluding steroid dienone is 8. The van der Waals surface area contributed by atoms with Crippen LogP contribution in [-0.2, 0) is 41.2 Å². The lowest BCUT2D eigenvalue weighted by atomic mass is 9.79. The van der Waals surface area contributed by atoms with E-state index in [2.05, 4.69) is 50.0 Å². The van der Waals surface area contributed by atoms with Gasteiger partial charge in [0.25, 0.3) is 30.4 Å². The molecule has 0 saturated heterocycles. The van der Waals surface area contributed by atoms with Gasteiger partial charge in [-0.1, -0.05) is 51.5 Å². The molecule has 3 aliphatic rings. The van der Waals surface area contributed by atoms with E-state index in [1.807, 2.05) is 42.7 Å². The maximum absolute atomic E-state index is 12.3. The fourth-order valence-electron chi connectivity index (χ4n) is 9.12. The number of aliphatic hydroxyl groups is 1. The average molecular weight is 938 g/mol. The lowest BCUT2D eigenvalue weighted by molar-refractivity contribution is -0.438. The number of anilines is 1. The highest BCUT2D eigenvalue weighted by Crippen LogP contribution is 2.49. The minimum atomic E-state index is -4.50. The maximum Gasteiger partial charge on any atom is 0.294 e. The Bertz CT molecular complexity index is 2760. The molecule has 16 heteroatoms. The van der Waals surface area contributed by atoms with Gasteiger partial charge in [-0.15, -0.1) is 0 Å². The first-order valence-electron chi connectivity index (χ1n) is 21.9. The molecule has 3 aromatic carbocycles. The third kappa shape index (κ3) is 11.0. The Morgan fingerprint density at radius 1 is 0.766 bits per heavy atom. The molecule has 0 unspecified atom stereocenters. The van der Waals surface area contributed by atoms with Crippen molar-refractivity contribution in [1.29, 1.82) is 0 Å². The number of unbranched alkanes of at least 4 members (excludes halogenated alkanes) is 3. The third-order valence-corrected chi connectivity index (χ3v) is 15.0. The van der Waals surface area contributed by atoms with Gasteiger partial charge in [0.05, 0.1) is 27.6 Å². The number of hydrogen-bond donors (Lipinski definition) is 4. The van der Waals surface area contributed by atoms with Crippen molar-refractivity contribution in [3.63, 3.8) is 0 Å². The van der Waals surface area contributed by atoms with Crippen LogP contribution in [0.1, 0.15) is 109 Å². The van der Waals surface area contributed by atoms with Crippen molar-refractivity contribution in [2.75, 3.05) is 37.0 Å². The number of fused-ring (bicyclic) bond motifs is 2. The minimum Gasteiger partial charge on any atom is -0.494 e. The third-order valence-electron chi connectivity index (χ3n) is 12.5. The van der Waals surface area contributed by atoms with Crippen molar-refractivity contribution in [2.24, 2.45) is 0 Å². The molecule has 2 aliphatic heterocycles. The number of aliphatic hydroxyl groups excluding tert-OH is 1. The van der Waals surface area contributed by atoms with Crippen LogP contribution in [0.3, 0.4) is 0 Å². The number of ether oxygens (including phenoxy) is 1. The van der Waals surface area contributed by atoms with E-state index in [1.54, 1.807) is 18.2 Å². The number of hydrogen-bond acceptors (Lipinski definition) is 9. The molecule has 2 heterocycles. The lowest BCUT2D eigenvalue weighted by Crippen LogP contribution is -2.28. The van der Waals surface area contributed by atoms with E-state index >= 15 is 0 Å². The Kier molecular flexibility index (Phi) is 15.0. The van der Waals surface area contributed by atoms with Gasteiger partial charge in [0.15, 0.2) is 5.71 Å². The van der Waals surface area contributed by atoms with Crippen LogP contribution in [0.25, 0.3) is 5.57 Å². The maximum atomic E-state index is 12.3. The van der Waals surface area contributed by atoms with Crippen LogP contribution in [0.15, 0.2) is 112 Å². The molecule has 3 aromatic rings. The fourth-order valence-corrected chi connectivity index (χ4v) is 10.7. The van der Waals surface area contributed by atoms with Gasteiger partial charge >= 0.3 is 0 Å². The molecular weight excluding hydrogens is 877 g/mol. The number of nitrogens with zero attached hydrogens (tertiary/aromatic N) is 2. The van der Waals surface area contributed by atoms with Crippen LogP contribution >= 0.6 is 0 Å². The van der Waals surface area contributed by atoms with E-state index in [9.17, 15) is 44.0 Å². The minimum absolute atomic E-state index is 0.0830. The van der Waals surface area contributed by atoms with Crippen molar-refractivity contribution >= 4 is 53.0 Å². The Morgan fingerprint density at radius 2 is 1.47 bits per heavy atom. The van der Waals surface area contributed by atoms with Crippen molar-refractivity contribution in [3.8, 4) is 5.75 Å². The highest BCUT2D eigenvalue weighted by atomic mass is 32.2. The van der Waals surface area contributed by atoms with Gasteiger partial charge in [-0.05, 0) is 135 Å². The van der Waals surface area contributed by atoms with Crippen LogP contribution in [0, 0.1) is 0 Å². The Morgan fingerprint density at radius 3 is 2.14 bits per heavy atom. The largest absolute Gasteiger partial charge is 0.494 e. The van der Waals surface area contributed by atoms with Crippen molar-refractivity contribution in [1.82, 2.24) is 0 Å². The fraction of sp³-hybridized carbons (Fsp3) is 0.438. The summed E-state index contributed by atoms with van der Waals surface area (Å²) in [5, 5.41) is 9.32. The summed E-state index contributed by atoms with van der Waals surface area (Å²) in [6.45, 7) is 11.8. The van der Waals surface area contributed by atoms with Gasteiger partial charge in [-0.2, -0.15) is 29.8 Å². The van der Waals surface area contributed by atoms with E-state index in [0.29, 0.717) is 50.3 Å². The summed E-state index contributed by atoms with van der Waals surface area (Å²) in [6, 6.07) is 17.2. The zero-order valence-corrected chi connectivity index (χ0v) is 39.7. The SMILES string of the molecule is CCCCN1C(=CC=C2CCCC(C=CC3=[N+](CCCCS(=O)(=O)O)c4ccc(S(=O)(=O)O)cc4C3(C)C)=C2c2cccc(OCCCCO)c2)C(C)(C)c2cc(S(=O)(=O)O)ccc21. The lowest BCUT2D eigenvalue weighted by Gasteiger charge is -2.27. The molecule has 13 nitrogen and oxygen atoms in total. The average Bonchev–Trinajstić information content (AvgIpc) is 3.57. The predicted octanol–water partition coefficient (Wildman–Crippen LogP) is 8.98. The van der Waals surface area contributed by atoms with Gasteiger partial charge < -0.3 is 14.7 Å². The summed E-state index contributed by atoms with van der Waals surface area (Å²) in [5.74, 6) is 0.302. The van der Waals surface area contributed by atoms with E-state index in [-0.39, 0.29) is 28.6 Å². The van der Waals surface area contributed by atoms with Gasteiger partial charge in [-0.25, -0.2) is 0 Å². The summed E-state index contributed by atoms with van der Waals surface area (Å²) < 4.78 is 110. The summed E-state index contributed by atoms with van der Waals surface area (Å²) in [6.07, 6.45) is 14.6. The zero-order chi connectivity index (χ0) is 46.7. The quantitative estimate of drug-likeness (QED) is 0.0506. The molecule has 0 bridgehead atoms. The highest BCUT2D eigenvalue weighted by molar-refractivity contribution is 7.86. The molecule has 0 fully saturated rings. The molecule has 64 heavy (non-hydrogen) atoms. The molecule has 0 aromatic heterocycles. The second kappa shape index (κ2) is 19.6. The Balaban J connectivity index is 1.50. The molecule has 6 rings (SSSR count). The Hall–Kier alpha value is -4.42. The van der Waals surface area contributed by atoms with Gasteiger partial charge in [0.1, 0.15) is 12.3 Å². The first kappa shape index (κ1) is 49.0. The van der Waals surface area contributed by atoms with E-state index < -0.39 is 41.2 Å². The van der Waals surface area contributed by atoms with Gasteiger partial charge in [0.2, 0.25) is 5.69 Å². The molecule has 4 N–H and O–H groups in total. The molecule has 0 saturated carbocycles. The monoisotopic (exact) mass is 937 g/mol. The molecule has 0 spiro atoms. The van der Waals surface area contributed by atoms with Crippen LogP contribution in [-0.4, -0.2) is 86.4 Å². The van der Waals surface area contributed by atoms with Crippen molar-refractivity contribution in [2.45, 2.75) is 113 Å². The molecular formula is C48H61N2O11S3+. The number of rotatable bonds is 19. The molecule has 0 radical (unpaired) electrons. The smallest absolute Gasteiger partial charge is 0.294 e. The van der Waals surface area contributed by atoms with E-state index in [1.165, 1.54) is 18.2 Å². The van der Waals surface area contributed by atoms with Crippen LogP contribution in [0.4, 0.5) is 11.4 Å². The summed E-state index contributed by atoms with van der Waals surface area (Å²) in [5.41, 5.74) is 7.70. The second-order valence-electron chi connectivity index (χ2n) is 17.7. The highest BCUT2D eigenvalue weighted by Gasteiger charge is 2.45. The van der Waals surface area contributed by atoms with Crippen molar-refractivity contribution < 1.29 is 53.3 Å². The Labute approximate surface area is 378 Å². The summed E-state index contributed by atoms with van der Waals surface area (Å²) >= 11 is 0. The topological polar surface area (TPSA) is 199 Å². The summed E-state index contributed by atoms with van der Waals surface area (Å²) in [4.78, 5) is 1.87. The van der Waals surface area contributed by atoms with Crippen LogP contribution in [0.2, 0.25) is 0 Å². The first-order valence-corrected chi connectivity index (χ1v) is 26.4. The second-order valence-corrected chi connectivity index (χ2v) is 22.1. The normalized spacial score (nSPS) is 18.7. The number of benzene rings is 3. The van der Waals surface area contributed by atoms with Gasteiger partial charge in [-0.3, -0.25) is 13.7 Å². The van der Waals surface area contributed by atoms with Crippen LogP contribution in [0.5, 0.6) is 5.75 Å². The zero-order valence-electron chi connectivity index (χ0n) is 37.2. The standard InChI is InChI=1S/C48H60N2O11S3/c1-6-7-26-49-42-22-20-38(63(55,56)57)32-40(42)47(2,3)44(49)24-18-34-14-12-15-35(46(34)36-16-13-17-37(31-36)61-29-10-9-28-51)19-25-45-48(4,5)41-33-39(64(58,59)60)21-23-43(41)50(45)27-8-11-30-62(52,53)54/h13,16-25,31-33,51H,6-12,14-15,26-30H2,1-5H3,(H2-,52,53,54,55,56,57,58,59,60)/p+1. The van der Waals surface area contributed by atoms with E-state index in [4.69, 9.17) is 4.74 Å².